The maximum absolute atomic E-state index is 13.8. The lowest BCUT2D eigenvalue weighted by Crippen LogP contribution is -2.35. The van der Waals surface area contributed by atoms with Crippen LogP contribution in [0.25, 0.3) is 11.1 Å². The molecule has 0 saturated carbocycles. The van der Waals surface area contributed by atoms with E-state index in [4.69, 9.17) is 15.2 Å². The number of halogens is 3. The first-order chi connectivity index (χ1) is 15.0. The highest BCUT2D eigenvalue weighted by Crippen LogP contribution is 2.39. The number of ether oxygens (including phenoxy) is 2. The molecule has 2 heterocycles. The summed E-state index contributed by atoms with van der Waals surface area (Å²) in [6.45, 7) is 7.20. The van der Waals surface area contributed by atoms with Crippen LogP contribution in [0.1, 0.15) is 45.6 Å². The Morgan fingerprint density at radius 1 is 1.22 bits per heavy atom. The molecule has 5 nitrogen and oxygen atoms in total. The molecule has 0 radical (unpaired) electrons. The normalized spacial score (nSPS) is 18.3. The number of benzene rings is 1. The molecule has 1 aromatic heterocycles. The van der Waals surface area contributed by atoms with E-state index in [9.17, 15) is 13.2 Å². The molecule has 8 heteroatoms. The SMILES string of the molecule is CC(COc1ccc(-c2ccnc(NC3CCCOC3)c2)cc1C(F)(F)F)CC(C)(C)N. The van der Waals surface area contributed by atoms with Gasteiger partial charge < -0.3 is 20.5 Å². The third-order valence-corrected chi connectivity index (χ3v) is 5.29. The summed E-state index contributed by atoms with van der Waals surface area (Å²) in [7, 11) is 0. The highest BCUT2D eigenvalue weighted by Gasteiger charge is 2.35. The van der Waals surface area contributed by atoms with E-state index in [-0.39, 0.29) is 24.3 Å². The molecule has 0 bridgehead atoms. The summed E-state index contributed by atoms with van der Waals surface area (Å²) in [6.07, 6.45) is -0.360. The quantitative estimate of drug-likeness (QED) is 0.555. The van der Waals surface area contributed by atoms with Crippen molar-refractivity contribution in [2.75, 3.05) is 25.1 Å². The van der Waals surface area contributed by atoms with E-state index < -0.39 is 17.3 Å². The van der Waals surface area contributed by atoms with Gasteiger partial charge in [0.1, 0.15) is 11.6 Å². The molecule has 0 amide bonds. The molecule has 176 valence electrons. The average Bonchev–Trinajstić information content (AvgIpc) is 2.71. The van der Waals surface area contributed by atoms with E-state index in [2.05, 4.69) is 10.3 Å². The Kier molecular flexibility index (Phi) is 7.67. The molecule has 32 heavy (non-hydrogen) atoms. The fourth-order valence-electron chi connectivity index (χ4n) is 4.00. The molecule has 1 aliphatic heterocycles. The van der Waals surface area contributed by atoms with Crippen LogP contribution in [-0.2, 0) is 10.9 Å². The van der Waals surface area contributed by atoms with Gasteiger partial charge in [-0.25, -0.2) is 4.98 Å². The van der Waals surface area contributed by atoms with Crippen LogP contribution in [0.2, 0.25) is 0 Å². The third kappa shape index (κ3) is 7.10. The van der Waals surface area contributed by atoms with Crippen LogP contribution in [0.3, 0.4) is 0 Å². The van der Waals surface area contributed by atoms with Gasteiger partial charge in [-0.1, -0.05) is 13.0 Å². The van der Waals surface area contributed by atoms with Crippen LogP contribution in [0, 0.1) is 5.92 Å². The van der Waals surface area contributed by atoms with Gasteiger partial charge >= 0.3 is 6.18 Å². The van der Waals surface area contributed by atoms with Crippen LogP contribution in [0.4, 0.5) is 19.0 Å². The third-order valence-electron chi connectivity index (χ3n) is 5.29. The van der Waals surface area contributed by atoms with Crippen molar-refractivity contribution in [3.05, 3.63) is 42.1 Å². The summed E-state index contributed by atoms with van der Waals surface area (Å²) in [5.74, 6) is 0.466. The van der Waals surface area contributed by atoms with Gasteiger partial charge in [0.25, 0.3) is 0 Å². The van der Waals surface area contributed by atoms with Crippen LogP contribution in [0.5, 0.6) is 5.75 Å². The number of anilines is 1. The molecule has 1 fully saturated rings. The molecule has 1 aromatic carbocycles. The molecule has 0 spiro atoms. The number of pyridine rings is 1. The Labute approximate surface area is 187 Å². The fraction of sp³-hybridized carbons (Fsp3) is 0.542. The van der Waals surface area contributed by atoms with Crippen molar-refractivity contribution in [2.24, 2.45) is 11.7 Å². The first kappa shape index (κ1) is 24.3. The number of hydrogen-bond acceptors (Lipinski definition) is 5. The average molecular weight is 452 g/mol. The lowest BCUT2D eigenvalue weighted by molar-refractivity contribution is -0.139. The second-order valence-electron chi connectivity index (χ2n) is 9.31. The summed E-state index contributed by atoms with van der Waals surface area (Å²) in [6, 6.07) is 7.77. The van der Waals surface area contributed by atoms with Crippen molar-refractivity contribution in [1.29, 1.82) is 0 Å². The lowest BCUT2D eigenvalue weighted by Gasteiger charge is -2.24. The minimum Gasteiger partial charge on any atom is -0.493 e. The Balaban J connectivity index is 1.78. The van der Waals surface area contributed by atoms with Gasteiger partial charge in [0.15, 0.2) is 0 Å². The summed E-state index contributed by atoms with van der Waals surface area (Å²) in [4.78, 5) is 4.30. The van der Waals surface area contributed by atoms with Crippen LogP contribution < -0.4 is 15.8 Å². The van der Waals surface area contributed by atoms with Crippen LogP contribution in [0.15, 0.2) is 36.5 Å². The summed E-state index contributed by atoms with van der Waals surface area (Å²) < 4.78 is 52.4. The maximum Gasteiger partial charge on any atom is 0.419 e. The van der Waals surface area contributed by atoms with Crippen LogP contribution in [-0.4, -0.2) is 36.4 Å². The smallest absolute Gasteiger partial charge is 0.419 e. The van der Waals surface area contributed by atoms with E-state index in [0.29, 0.717) is 30.0 Å². The topological polar surface area (TPSA) is 69.4 Å². The highest BCUT2D eigenvalue weighted by atomic mass is 19.4. The first-order valence-corrected chi connectivity index (χ1v) is 10.9. The summed E-state index contributed by atoms with van der Waals surface area (Å²) >= 11 is 0. The predicted molar refractivity (Wildman–Crippen MR) is 120 cm³/mol. The molecule has 1 aliphatic rings. The predicted octanol–water partition coefficient (Wildman–Crippen LogP) is 5.50. The number of nitrogens with two attached hydrogens (primary N) is 1. The minimum atomic E-state index is -4.53. The zero-order chi connectivity index (χ0) is 23.4. The Morgan fingerprint density at radius 3 is 2.62 bits per heavy atom. The molecule has 1 saturated heterocycles. The van der Waals surface area contributed by atoms with Crippen molar-refractivity contribution >= 4 is 5.82 Å². The Morgan fingerprint density at radius 2 is 1.97 bits per heavy atom. The number of aromatic nitrogens is 1. The molecule has 0 aliphatic carbocycles. The summed E-state index contributed by atoms with van der Waals surface area (Å²) in [5, 5.41) is 3.31. The monoisotopic (exact) mass is 451 g/mol. The van der Waals surface area contributed by atoms with E-state index in [0.717, 1.165) is 25.5 Å². The first-order valence-electron chi connectivity index (χ1n) is 10.9. The van der Waals surface area contributed by atoms with Gasteiger partial charge in [-0.15, -0.1) is 0 Å². The molecule has 2 atom stereocenters. The van der Waals surface area contributed by atoms with E-state index in [1.54, 1.807) is 24.4 Å². The van der Waals surface area contributed by atoms with Gasteiger partial charge in [-0.05, 0) is 74.4 Å². The van der Waals surface area contributed by atoms with Crippen molar-refractivity contribution < 1.29 is 22.6 Å². The zero-order valence-electron chi connectivity index (χ0n) is 18.8. The molecule has 2 aromatic rings. The number of alkyl halides is 3. The van der Waals surface area contributed by atoms with Gasteiger partial charge in [0.05, 0.1) is 24.8 Å². The van der Waals surface area contributed by atoms with Crippen molar-refractivity contribution in [1.82, 2.24) is 4.98 Å². The van der Waals surface area contributed by atoms with E-state index >= 15 is 0 Å². The van der Waals surface area contributed by atoms with Crippen molar-refractivity contribution in [2.45, 2.75) is 57.8 Å². The molecular weight excluding hydrogens is 419 g/mol. The molecule has 2 unspecified atom stereocenters. The Bertz CT molecular complexity index is 891. The number of nitrogens with zero attached hydrogens (tertiary/aromatic N) is 1. The highest BCUT2D eigenvalue weighted by molar-refractivity contribution is 5.68. The van der Waals surface area contributed by atoms with E-state index in [1.165, 1.54) is 6.07 Å². The second kappa shape index (κ2) is 10.1. The van der Waals surface area contributed by atoms with Crippen LogP contribution >= 0.6 is 0 Å². The minimum absolute atomic E-state index is 0.0216. The Hall–Kier alpha value is -2.32. The zero-order valence-corrected chi connectivity index (χ0v) is 18.8. The molecule has 3 rings (SSSR count). The molecule has 3 N–H and O–H groups in total. The summed E-state index contributed by atoms with van der Waals surface area (Å²) in [5.41, 5.74) is 5.91. The second-order valence-corrected chi connectivity index (χ2v) is 9.31. The number of rotatable bonds is 8. The van der Waals surface area contributed by atoms with E-state index in [1.807, 2.05) is 20.8 Å². The lowest BCUT2D eigenvalue weighted by atomic mass is 9.93. The number of hydrogen-bond donors (Lipinski definition) is 2. The van der Waals surface area contributed by atoms with Gasteiger partial charge in [-0.2, -0.15) is 13.2 Å². The molecular formula is C24H32F3N3O2. The van der Waals surface area contributed by atoms with Gasteiger partial charge in [0.2, 0.25) is 0 Å². The van der Waals surface area contributed by atoms with Crippen molar-refractivity contribution in [3.8, 4) is 16.9 Å². The fourth-order valence-corrected chi connectivity index (χ4v) is 4.00. The van der Waals surface area contributed by atoms with Crippen molar-refractivity contribution in [3.63, 3.8) is 0 Å². The standard InChI is InChI=1S/C24H32F3N3O2/c1-16(13-23(2,3)28)14-32-21-7-6-17(11-20(21)24(25,26)27)18-8-9-29-22(12-18)30-19-5-4-10-31-15-19/h6-9,11-12,16,19H,4-5,10,13-15,28H2,1-3H3,(H,29,30). The maximum atomic E-state index is 13.8. The van der Waals surface area contributed by atoms with Gasteiger partial charge in [0, 0.05) is 18.3 Å². The van der Waals surface area contributed by atoms with Gasteiger partial charge in [-0.3, -0.25) is 0 Å². The number of nitrogens with one attached hydrogen (secondary N) is 1. The largest absolute Gasteiger partial charge is 0.493 e.